The first kappa shape index (κ1) is 23.9. The Kier molecular flexibility index (Phi) is 9.83. The molecule has 0 saturated carbocycles. The van der Waals surface area contributed by atoms with Gasteiger partial charge in [-0.1, -0.05) is 62.4 Å². The van der Waals surface area contributed by atoms with Crippen molar-refractivity contribution in [3.05, 3.63) is 66.2 Å². The number of benzene rings is 2. The zero-order valence-corrected chi connectivity index (χ0v) is 19.0. The van der Waals surface area contributed by atoms with Gasteiger partial charge in [-0.05, 0) is 37.2 Å². The lowest BCUT2D eigenvalue weighted by molar-refractivity contribution is 0.219. The number of guanidine groups is 1. The van der Waals surface area contributed by atoms with Gasteiger partial charge in [0, 0.05) is 20.1 Å². The van der Waals surface area contributed by atoms with Gasteiger partial charge < -0.3 is 10.6 Å². The Labute approximate surface area is 181 Å². The predicted octanol–water partition coefficient (Wildman–Crippen LogP) is 3.10. The van der Waals surface area contributed by atoms with Crippen LogP contribution in [0.15, 0.2) is 70.6 Å². The van der Waals surface area contributed by atoms with Gasteiger partial charge in [-0.15, -0.1) is 0 Å². The Morgan fingerprint density at radius 2 is 1.57 bits per heavy atom. The summed E-state index contributed by atoms with van der Waals surface area (Å²) in [4.78, 5) is 7.06. The SMILES string of the molecule is CCN(CC)C(CNC(=NC)NCCCS(=O)(=O)c1ccccc1)c1ccccc1. The van der Waals surface area contributed by atoms with Crippen LogP contribution >= 0.6 is 0 Å². The number of nitrogens with zero attached hydrogens (tertiary/aromatic N) is 2. The minimum atomic E-state index is -3.25. The van der Waals surface area contributed by atoms with Crippen molar-refractivity contribution in [2.75, 3.05) is 39.0 Å². The molecule has 1 unspecified atom stereocenters. The fourth-order valence-corrected chi connectivity index (χ4v) is 4.76. The van der Waals surface area contributed by atoms with E-state index in [0.29, 0.717) is 30.4 Å². The molecule has 2 aromatic rings. The molecule has 0 spiro atoms. The van der Waals surface area contributed by atoms with Crippen LogP contribution in [0.3, 0.4) is 0 Å². The molecular weight excluding hydrogens is 396 g/mol. The molecule has 0 heterocycles. The quantitative estimate of drug-likeness (QED) is 0.326. The minimum absolute atomic E-state index is 0.104. The van der Waals surface area contributed by atoms with E-state index in [1.54, 1.807) is 31.3 Å². The molecule has 7 heteroatoms. The zero-order valence-electron chi connectivity index (χ0n) is 18.2. The number of sulfone groups is 1. The van der Waals surface area contributed by atoms with Gasteiger partial charge in [-0.3, -0.25) is 9.89 Å². The zero-order chi connectivity index (χ0) is 21.8. The van der Waals surface area contributed by atoms with E-state index in [9.17, 15) is 8.42 Å². The van der Waals surface area contributed by atoms with Gasteiger partial charge in [-0.25, -0.2) is 8.42 Å². The second-order valence-corrected chi connectivity index (χ2v) is 9.12. The van der Waals surface area contributed by atoms with Gasteiger partial charge in [0.1, 0.15) is 0 Å². The molecule has 2 aromatic carbocycles. The van der Waals surface area contributed by atoms with Crippen LogP contribution in [0.5, 0.6) is 0 Å². The van der Waals surface area contributed by atoms with Crippen LogP contribution < -0.4 is 10.6 Å². The van der Waals surface area contributed by atoms with E-state index in [0.717, 1.165) is 13.1 Å². The summed E-state index contributed by atoms with van der Waals surface area (Å²) >= 11 is 0. The highest BCUT2D eigenvalue weighted by atomic mass is 32.2. The maximum absolute atomic E-state index is 12.4. The summed E-state index contributed by atoms with van der Waals surface area (Å²) < 4.78 is 24.8. The first-order valence-electron chi connectivity index (χ1n) is 10.5. The summed E-state index contributed by atoms with van der Waals surface area (Å²) in [6.45, 7) is 7.50. The molecule has 0 saturated heterocycles. The Balaban J connectivity index is 1.87. The lowest BCUT2D eigenvalue weighted by atomic mass is 10.1. The van der Waals surface area contributed by atoms with Crippen molar-refractivity contribution in [1.29, 1.82) is 0 Å². The van der Waals surface area contributed by atoms with Crippen LogP contribution in [0.2, 0.25) is 0 Å². The lowest BCUT2D eigenvalue weighted by Crippen LogP contribution is -2.43. The first-order chi connectivity index (χ1) is 14.5. The summed E-state index contributed by atoms with van der Waals surface area (Å²) in [7, 11) is -1.52. The number of hydrogen-bond acceptors (Lipinski definition) is 4. The van der Waals surface area contributed by atoms with E-state index in [-0.39, 0.29) is 11.8 Å². The topological polar surface area (TPSA) is 73.8 Å². The second-order valence-electron chi connectivity index (χ2n) is 7.01. The Morgan fingerprint density at radius 3 is 2.13 bits per heavy atom. The first-order valence-corrected chi connectivity index (χ1v) is 12.2. The fourth-order valence-electron chi connectivity index (χ4n) is 3.43. The van der Waals surface area contributed by atoms with E-state index >= 15 is 0 Å². The molecule has 0 radical (unpaired) electrons. The van der Waals surface area contributed by atoms with E-state index in [2.05, 4.69) is 58.6 Å². The Bertz CT molecular complexity index is 867. The van der Waals surface area contributed by atoms with Crippen molar-refractivity contribution >= 4 is 15.8 Å². The third kappa shape index (κ3) is 7.15. The van der Waals surface area contributed by atoms with Crippen LogP contribution in [-0.4, -0.2) is 58.3 Å². The van der Waals surface area contributed by atoms with Crippen molar-refractivity contribution in [1.82, 2.24) is 15.5 Å². The van der Waals surface area contributed by atoms with Gasteiger partial charge in [0.15, 0.2) is 15.8 Å². The highest BCUT2D eigenvalue weighted by molar-refractivity contribution is 7.91. The normalized spacial score (nSPS) is 13.3. The highest BCUT2D eigenvalue weighted by Crippen LogP contribution is 2.19. The molecule has 0 aliphatic rings. The van der Waals surface area contributed by atoms with E-state index in [4.69, 9.17) is 0 Å². The van der Waals surface area contributed by atoms with Crippen molar-refractivity contribution in [2.24, 2.45) is 4.99 Å². The van der Waals surface area contributed by atoms with E-state index in [1.165, 1.54) is 5.56 Å². The molecule has 1 atom stereocenters. The summed E-state index contributed by atoms with van der Waals surface area (Å²) in [6.07, 6.45) is 0.510. The molecule has 0 fully saturated rings. The maximum atomic E-state index is 12.4. The fraction of sp³-hybridized carbons (Fsp3) is 0.435. The Hall–Kier alpha value is -2.38. The largest absolute Gasteiger partial charge is 0.356 e. The van der Waals surface area contributed by atoms with Gasteiger partial charge in [-0.2, -0.15) is 0 Å². The van der Waals surface area contributed by atoms with Gasteiger partial charge >= 0.3 is 0 Å². The van der Waals surface area contributed by atoms with Crippen molar-refractivity contribution in [3.8, 4) is 0 Å². The van der Waals surface area contributed by atoms with Crippen LogP contribution in [0.4, 0.5) is 0 Å². The summed E-state index contributed by atoms with van der Waals surface area (Å²) in [5.74, 6) is 0.785. The molecule has 2 rings (SSSR count). The molecular formula is C23H34N4O2S. The average molecular weight is 431 g/mol. The molecule has 164 valence electrons. The van der Waals surface area contributed by atoms with Crippen molar-refractivity contribution < 1.29 is 8.42 Å². The number of hydrogen-bond donors (Lipinski definition) is 2. The lowest BCUT2D eigenvalue weighted by Gasteiger charge is -2.30. The van der Waals surface area contributed by atoms with Gasteiger partial charge in [0.05, 0.1) is 16.7 Å². The predicted molar refractivity (Wildman–Crippen MR) is 125 cm³/mol. The third-order valence-electron chi connectivity index (χ3n) is 5.11. The molecule has 6 nitrogen and oxygen atoms in total. The van der Waals surface area contributed by atoms with Crippen LogP contribution in [0.25, 0.3) is 0 Å². The van der Waals surface area contributed by atoms with Crippen molar-refractivity contribution in [3.63, 3.8) is 0 Å². The van der Waals surface area contributed by atoms with E-state index in [1.807, 2.05) is 12.1 Å². The summed E-state index contributed by atoms with van der Waals surface area (Å²) in [5.41, 5.74) is 1.26. The molecule has 0 amide bonds. The number of likely N-dealkylation sites (N-methyl/N-ethyl adjacent to an activating group) is 1. The molecule has 0 aliphatic carbocycles. The summed E-state index contributed by atoms with van der Waals surface area (Å²) in [6, 6.07) is 19.3. The molecule has 0 aliphatic heterocycles. The Morgan fingerprint density at radius 1 is 0.967 bits per heavy atom. The smallest absolute Gasteiger partial charge is 0.191 e. The highest BCUT2D eigenvalue weighted by Gasteiger charge is 2.18. The van der Waals surface area contributed by atoms with Crippen LogP contribution in [0, 0.1) is 0 Å². The number of rotatable bonds is 11. The standard InChI is InChI=1S/C23H34N4O2S/c1-4-27(5-2)22(20-13-8-6-9-14-20)19-26-23(24-3)25-17-12-18-30(28,29)21-15-10-7-11-16-21/h6-11,13-16,22H,4-5,12,17-19H2,1-3H3,(H2,24,25,26). The average Bonchev–Trinajstić information content (AvgIpc) is 2.79. The molecule has 30 heavy (non-hydrogen) atoms. The third-order valence-corrected chi connectivity index (χ3v) is 6.93. The minimum Gasteiger partial charge on any atom is -0.356 e. The van der Waals surface area contributed by atoms with Crippen LogP contribution in [-0.2, 0) is 9.84 Å². The number of nitrogens with one attached hydrogen (secondary N) is 2. The monoisotopic (exact) mass is 430 g/mol. The summed E-state index contributed by atoms with van der Waals surface area (Å²) in [5, 5.41) is 6.63. The van der Waals surface area contributed by atoms with Crippen LogP contribution in [0.1, 0.15) is 31.9 Å². The second kappa shape index (κ2) is 12.3. The maximum Gasteiger partial charge on any atom is 0.191 e. The van der Waals surface area contributed by atoms with Gasteiger partial charge in [0.2, 0.25) is 0 Å². The molecule has 0 aromatic heterocycles. The van der Waals surface area contributed by atoms with E-state index < -0.39 is 9.84 Å². The molecule has 2 N–H and O–H groups in total. The van der Waals surface area contributed by atoms with Gasteiger partial charge in [0.25, 0.3) is 0 Å². The van der Waals surface area contributed by atoms with Crippen molar-refractivity contribution in [2.45, 2.75) is 31.2 Å². The molecule has 0 bridgehead atoms. The number of aliphatic imine (C=N–C) groups is 1.